The van der Waals surface area contributed by atoms with Crippen molar-refractivity contribution in [2.45, 2.75) is 12.8 Å². The van der Waals surface area contributed by atoms with Gasteiger partial charge in [-0.05, 0) is 24.1 Å². The molecule has 0 radical (unpaired) electrons. The topological polar surface area (TPSA) is 17.1 Å². The summed E-state index contributed by atoms with van der Waals surface area (Å²) in [4.78, 5) is 10.4. The molecule has 0 aromatic heterocycles. The van der Waals surface area contributed by atoms with Crippen molar-refractivity contribution in [2.75, 3.05) is 0 Å². The van der Waals surface area contributed by atoms with Crippen LogP contribution in [0.2, 0.25) is 0 Å². The number of hydrogen-bond acceptors (Lipinski definition) is 1. The molecule has 0 atom stereocenters. The first-order valence-electron chi connectivity index (χ1n) is 3.07. The van der Waals surface area contributed by atoms with Crippen molar-refractivity contribution in [3.63, 3.8) is 0 Å². The molecule has 0 fully saturated rings. The van der Waals surface area contributed by atoms with Crippen LogP contribution in [0.15, 0.2) is 23.3 Å². The van der Waals surface area contributed by atoms with Crippen LogP contribution in [-0.4, -0.2) is 5.24 Å². The van der Waals surface area contributed by atoms with Gasteiger partial charge in [-0.15, -0.1) is 0 Å². The van der Waals surface area contributed by atoms with Crippen LogP contribution in [-0.2, 0) is 4.79 Å². The summed E-state index contributed by atoms with van der Waals surface area (Å²) in [6.07, 6.45) is 1.49. The molecule has 0 amide bonds. The van der Waals surface area contributed by atoms with Crippen LogP contribution < -0.4 is 0 Å². The smallest absolute Gasteiger partial charge is 0.257 e. The minimum absolute atomic E-state index is 0.0568. The number of carbonyl (C=O) groups excluding carboxylic acids is 1. The van der Waals surface area contributed by atoms with Gasteiger partial charge in [-0.1, -0.05) is 0 Å². The zero-order chi connectivity index (χ0) is 8.43. The van der Waals surface area contributed by atoms with E-state index in [2.05, 4.69) is 0 Å². The lowest BCUT2D eigenvalue weighted by molar-refractivity contribution is -0.108. The Hall–Kier alpha value is -0.700. The molecular weight excluding hydrogens is 174 g/mol. The van der Waals surface area contributed by atoms with Gasteiger partial charge in [0, 0.05) is 6.42 Å². The monoisotopic (exact) mass is 178 g/mol. The Bertz CT molecular complexity index is 255. The molecule has 0 aromatic carbocycles. The standard InChI is InChI=1S/C7H5ClF2O/c8-7(11)6-4(9)2-1-3-5(6)10/h2H,1,3H2. The minimum atomic E-state index is -1.07. The largest absolute Gasteiger partial charge is 0.275 e. The summed E-state index contributed by atoms with van der Waals surface area (Å²) in [5.74, 6) is -1.61. The van der Waals surface area contributed by atoms with Crippen LogP contribution in [0.25, 0.3) is 0 Å². The van der Waals surface area contributed by atoms with Gasteiger partial charge in [0.15, 0.2) is 0 Å². The zero-order valence-corrected chi connectivity index (χ0v) is 6.29. The van der Waals surface area contributed by atoms with Gasteiger partial charge in [0.05, 0.1) is 0 Å². The van der Waals surface area contributed by atoms with E-state index in [9.17, 15) is 13.6 Å². The van der Waals surface area contributed by atoms with Gasteiger partial charge in [0.1, 0.15) is 17.2 Å². The predicted octanol–water partition coefficient (Wildman–Crippen LogP) is 2.62. The average molecular weight is 179 g/mol. The van der Waals surface area contributed by atoms with Crippen molar-refractivity contribution >= 4 is 16.8 Å². The molecule has 0 heterocycles. The van der Waals surface area contributed by atoms with Gasteiger partial charge in [-0.3, -0.25) is 4.79 Å². The third-order valence-electron chi connectivity index (χ3n) is 1.39. The highest BCUT2D eigenvalue weighted by Crippen LogP contribution is 2.28. The summed E-state index contributed by atoms with van der Waals surface area (Å²) < 4.78 is 25.2. The number of carbonyl (C=O) groups is 1. The zero-order valence-electron chi connectivity index (χ0n) is 5.53. The molecule has 0 saturated carbocycles. The maximum atomic E-state index is 12.6. The van der Waals surface area contributed by atoms with Crippen LogP contribution in [0.5, 0.6) is 0 Å². The Morgan fingerprint density at radius 3 is 2.55 bits per heavy atom. The summed E-state index contributed by atoms with van der Waals surface area (Å²) in [5, 5.41) is -1.07. The number of allylic oxidation sites excluding steroid dienone is 4. The molecule has 1 nitrogen and oxygen atoms in total. The molecule has 0 saturated heterocycles. The van der Waals surface area contributed by atoms with E-state index in [0.29, 0.717) is 0 Å². The number of rotatable bonds is 1. The molecule has 0 unspecified atom stereocenters. The van der Waals surface area contributed by atoms with Crippen molar-refractivity contribution in [1.29, 1.82) is 0 Å². The van der Waals surface area contributed by atoms with E-state index in [0.717, 1.165) is 6.08 Å². The van der Waals surface area contributed by atoms with E-state index < -0.39 is 22.5 Å². The quantitative estimate of drug-likeness (QED) is 0.564. The third kappa shape index (κ3) is 1.66. The second kappa shape index (κ2) is 3.13. The molecule has 0 bridgehead atoms. The maximum absolute atomic E-state index is 12.6. The second-order valence-corrected chi connectivity index (χ2v) is 2.49. The Labute approximate surface area is 67.3 Å². The lowest BCUT2D eigenvalue weighted by Crippen LogP contribution is -2.01. The van der Waals surface area contributed by atoms with Crippen LogP contribution in [0.3, 0.4) is 0 Å². The minimum Gasteiger partial charge on any atom is -0.275 e. The van der Waals surface area contributed by atoms with Crippen molar-refractivity contribution in [3.05, 3.63) is 23.3 Å². The first-order chi connectivity index (χ1) is 5.13. The van der Waals surface area contributed by atoms with Gasteiger partial charge in [0.2, 0.25) is 0 Å². The Morgan fingerprint density at radius 2 is 2.18 bits per heavy atom. The van der Waals surface area contributed by atoms with Crippen LogP contribution in [0.1, 0.15) is 12.8 Å². The SMILES string of the molecule is O=C(Cl)C1=C(F)CCC=C1F. The average Bonchev–Trinajstić information content (AvgIpc) is 1.85. The molecule has 1 aliphatic rings. The molecule has 11 heavy (non-hydrogen) atoms. The predicted molar refractivity (Wildman–Crippen MR) is 37.4 cm³/mol. The Balaban J connectivity index is 3.04. The normalized spacial score (nSPS) is 18.3. The molecule has 60 valence electrons. The van der Waals surface area contributed by atoms with E-state index in [1.54, 1.807) is 0 Å². The molecule has 0 spiro atoms. The van der Waals surface area contributed by atoms with E-state index in [-0.39, 0.29) is 12.8 Å². The van der Waals surface area contributed by atoms with Crippen molar-refractivity contribution in [2.24, 2.45) is 0 Å². The molecular formula is C7H5ClF2O. The highest BCUT2D eigenvalue weighted by molar-refractivity contribution is 6.68. The fourth-order valence-electron chi connectivity index (χ4n) is 0.883. The van der Waals surface area contributed by atoms with Gasteiger partial charge in [-0.25, -0.2) is 8.78 Å². The second-order valence-electron chi connectivity index (χ2n) is 2.14. The van der Waals surface area contributed by atoms with Crippen molar-refractivity contribution < 1.29 is 13.6 Å². The van der Waals surface area contributed by atoms with E-state index in [4.69, 9.17) is 11.6 Å². The molecule has 4 heteroatoms. The highest BCUT2D eigenvalue weighted by atomic mass is 35.5. The van der Waals surface area contributed by atoms with Gasteiger partial charge >= 0.3 is 0 Å². The van der Waals surface area contributed by atoms with E-state index in [1.165, 1.54) is 0 Å². The summed E-state index contributed by atoms with van der Waals surface area (Å²) in [7, 11) is 0. The first-order valence-corrected chi connectivity index (χ1v) is 3.45. The molecule has 0 N–H and O–H groups in total. The summed E-state index contributed by atoms with van der Waals surface area (Å²) in [5.41, 5.74) is -0.613. The third-order valence-corrected chi connectivity index (χ3v) is 1.58. The van der Waals surface area contributed by atoms with Crippen LogP contribution in [0.4, 0.5) is 8.78 Å². The first kappa shape index (κ1) is 8.40. The lowest BCUT2D eigenvalue weighted by Gasteiger charge is -2.06. The number of hydrogen-bond donors (Lipinski definition) is 0. The van der Waals surface area contributed by atoms with E-state index >= 15 is 0 Å². The molecule has 0 aromatic rings. The maximum Gasteiger partial charge on any atom is 0.257 e. The molecule has 1 rings (SSSR count). The summed E-state index contributed by atoms with van der Waals surface area (Å²) in [6.45, 7) is 0. The summed E-state index contributed by atoms with van der Waals surface area (Å²) >= 11 is 4.93. The molecule has 1 aliphatic carbocycles. The van der Waals surface area contributed by atoms with E-state index in [1.807, 2.05) is 0 Å². The Kier molecular flexibility index (Phi) is 2.39. The fourth-order valence-corrected chi connectivity index (χ4v) is 1.08. The fraction of sp³-hybridized carbons (Fsp3) is 0.286. The van der Waals surface area contributed by atoms with Crippen molar-refractivity contribution in [3.8, 4) is 0 Å². The summed E-state index contributed by atoms with van der Waals surface area (Å²) in [6, 6.07) is 0. The van der Waals surface area contributed by atoms with Gasteiger partial charge < -0.3 is 0 Å². The van der Waals surface area contributed by atoms with Gasteiger partial charge in [-0.2, -0.15) is 0 Å². The highest BCUT2D eigenvalue weighted by Gasteiger charge is 2.21. The number of halogens is 3. The Morgan fingerprint density at radius 1 is 1.55 bits per heavy atom. The van der Waals surface area contributed by atoms with Crippen molar-refractivity contribution in [1.82, 2.24) is 0 Å². The molecule has 0 aliphatic heterocycles. The van der Waals surface area contributed by atoms with Crippen LogP contribution >= 0.6 is 11.6 Å². The van der Waals surface area contributed by atoms with Crippen LogP contribution in [0, 0.1) is 0 Å². The lowest BCUT2D eigenvalue weighted by atomic mass is 10.1. The van der Waals surface area contributed by atoms with Gasteiger partial charge in [0.25, 0.3) is 5.24 Å².